The third-order valence-corrected chi connectivity index (χ3v) is 5.85. The minimum absolute atomic E-state index is 0.144. The van der Waals surface area contributed by atoms with E-state index in [9.17, 15) is 4.79 Å². The quantitative estimate of drug-likeness (QED) is 0.757. The second-order valence-corrected chi connectivity index (χ2v) is 7.21. The van der Waals surface area contributed by atoms with Gasteiger partial charge in [-0.1, -0.05) is 32.4 Å². The number of hydrogen-bond donors (Lipinski definition) is 0. The molecule has 0 aliphatic heterocycles. The summed E-state index contributed by atoms with van der Waals surface area (Å²) in [5.41, 5.74) is 4.45. The minimum atomic E-state index is 0.144. The highest BCUT2D eigenvalue weighted by atomic mass is 16.5. The summed E-state index contributed by atoms with van der Waals surface area (Å²) >= 11 is 0. The molecule has 22 heavy (non-hydrogen) atoms. The molecule has 120 valence electrons. The first-order valence-corrected chi connectivity index (χ1v) is 8.83. The SMILES string of the molecule is CCOC[C@@]1(C)C=CC2=C3CCC(=O)C=C3CC[C@H]2[C@@H]1CC. The van der Waals surface area contributed by atoms with Crippen molar-refractivity contribution in [1.29, 1.82) is 0 Å². The van der Waals surface area contributed by atoms with Gasteiger partial charge in [-0.3, -0.25) is 4.79 Å². The van der Waals surface area contributed by atoms with E-state index in [1.165, 1.54) is 29.6 Å². The van der Waals surface area contributed by atoms with Gasteiger partial charge in [0, 0.05) is 18.4 Å². The van der Waals surface area contributed by atoms with Crippen LogP contribution in [-0.2, 0) is 9.53 Å². The zero-order valence-corrected chi connectivity index (χ0v) is 14.2. The normalized spacial score (nSPS) is 34.3. The van der Waals surface area contributed by atoms with Crippen LogP contribution >= 0.6 is 0 Å². The lowest BCUT2D eigenvalue weighted by Gasteiger charge is -2.46. The summed E-state index contributed by atoms with van der Waals surface area (Å²) in [4.78, 5) is 11.7. The molecule has 0 spiro atoms. The number of allylic oxidation sites excluding steroid dienone is 5. The highest BCUT2D eigenvalue weighted by Gasteiger charge is 2.43. The molecule has 3 rings (SSSR count). The van der Waals surface area contributed by atoms with Crippen molar-refractivity contribution < 1.29 is 9.53 Å². The number of fused-ring (bicyclic) bond motifs is 2. The number of carbonyl (C=O) groups is 1. The summed E-state index contributed by atoms with van der Waals surface area (Å²) in [5.74, 6) is 1.59. The van der Waals surface area contributed by atoms with Crippen molar-refractivity contribution >= 4 is 5.78 Å². The van der Waals surface area contributed by atoms with Crippen LogP contribution in [0.1, 0.15) is 52.9 Å². The first-order valence-electron chi connectivity index (χ1n) is 8.83. The van der Waals surface area contributed by atoms with Gasteiger partial charge in [0.1, 0.15) is 0 Å². The van der Waals surface area contributed by atoms with Gasteiger partial charge in [0.15, 0.2) is 5.78 Å². The fourth-order valence-corrected chi connectivity index (χ4v) is 4.74. The van der Waals surface area contributed by atoms with Gasteiger partial charge >= 0.3 is 0 Å². The Morgan fingerprint density at radius 2 is 2.09 bits per heavy atom. The number of ketones is 1. The number of rotatable bonds is 4. The Hall–Kier alpha value is -1.15. The monoisotopic (exact) mass is 300 g/mol. The smallest absolute Gasteiger partial charge is 0.156 e. The van der Waals surface area contributed by atoms with Crippen molar-refractivity contribution in [2.45, 2.75) is 52.9 Å². The molecule has 0 aromatic rings. The van der Waals surface area contributed by atoms with Crippen LogP contribution in [0, 0.1) is 17.3 Å². The van der Waals surface area contributed by atoms with Gasteiger partial charge in [-0.25, -0.2) is 0 Å². The third kappa shape index (κ3) is 2.62. The summed E-state index contributed by atoms with van der Waals surface area (Å²) in [6, 6.07) is 0. The average molecular weight is 300 g/mol. The summed E-state index contributed by atoms with van der Waals surface area (Å²) < 4.78 is 5.79. The molecule has 3 aliphatic rings. The molecule has 0 aromatic carbocycles. The molecule has 0 fully saturated rings. The van der Waals surface area contributed by atoms with E-state index >= 15 is 0 Å². The van der Waals surface area contributed by atoms with E-state index in [1.54, 1.807) is 0 Å². The molecule has 0 bridgehead atoms. The van der Waals surface area contributed by atoms with Crippen LogP contribution in [0.25, 0.3) is 0 Å². The Morgan fingerprint density at radius 3 is 2.82 bits per heavy atom. The number of carbonyl (C=O) groups excluding carboxylic acids is 1. The van der Waals surface area contributed by atoms with E-state index in [-0.39, 0.29) is 5.41 Å². The standard InChI is InChI=1S/C20H28O2/c1-4-19-18-8-6-14-12-15(21)7-9-16(14)17(18)10-11-20(19,3)13-22-5-2/h10-12,18-19H,4-9,13H2,1-3H3/t18-,19+,20-/m1/s1. The predicted octanol–water partition coefficient (Wildman–Crippen LogP) is 4.62. The minimum Gasteiger partial charge on any atom is -0.381 e. The van der Waals surface area contributed by atoms with Crippen molar-refractivity contribution in [2.24, 2.45) is 17.3 Å². The van der Waals surface area contributed by atoms with Crippen LogP contribution in [-0.4, -0.2) is 19.0 Å². The zero-order chi connectivity index (χ0) is 15.7. The molecule has 0 saturated heterocycles. The molecule has 0 N–H and O–H groups in total. The maximum absolute atomic E-state index is 11.7. The van der Waals surface area contributed by atoms with Crippen LogP contribution in [0.4, 0.5) is 0 Å². The van der Waals surface area contributed by atoms with Crippen molar-refractivity contribution in [3.63, 3.8) is 0 Å². The average Bonchev–Trinajstić information content (AvgIpc) is 2.52. The fourth-order valence-electron chi connectivity index (χ4n) is 4.74. The second kappa shape index (κ2) is 6.16. The van der Waals surface area contributed by atoms with Crippen LogP contribution in [0.2, 0.25) is 0 Å². The van der Waals surface area contributed by atoms with E-state index < -0.39 is 0 Å². The summed E-state index contributed by atoms with van der Waals surface area (Å²) in [7, 11) is 0. The number of ether oxygens (including phenoxy) is 1. The lowest BCUT2D eigenvalue weighted by molar-refractivity contribution is -0.114. The van der Waals surface area contributed by atoms with Crippen LogP contribution in [0.3, 0.4) is 0 Å². The summed E-state index contributed by atoms with van der Waals surface area (Å²) in [6.45, 7) is 8.34. The van der Waals surface area contributed by atoms with Crippen molar-refractivity contribution in [3.05, 3.63) is 34.9 Å². The van der Waals surface area contributed by atoms with E-state index in [0.717, 1.165) is 26.1 Å². The van der Waals surface area contributed by atoms with Gasteiger partial charge in [0.25, 0.3) is 0 Å². The van der Waals surface area contributed by atoms with Crippen LogP contribution < -0.4 is 0 Å². The summed E-state index contributed by atoms with van der Waals surface area (Å²) in [6.07, 6.45) is 11.7. The molecule has 0 unspecified atom stereocenters. The largest absolute Gasteiger partial charge is 0.381 e. The Kier molecular flexibility index (Phi) is 4.40. The molecular weight excluding hydrogens is 272 g/mol. The van der Waals surface area contributed by atoms with Crippen molar-refractivity contribution in [2.75, 3.05) is 13.2 Å². The van der Waals surface area contributed by atoms with Gasteiger partial charge in [0.05, 0.1) is 6.61 Å². The van der Waals surface area contributed by atoms with Gasteiger partial charge in [-0.05, 0) is 60.8 Å². The molecule has 2 heteroatoms. The van der Waals surface area contributed by atoms with E-state index in [0.29, 0.717) is 24.0 Å². The van der Waals surface area contributed by atoms with Gasteiger partial charge in [-0.2, -0.15) is 0 Å². The molecule has 2 nitrogen and oxygen atoms in total. The molecule has 3 atom stereocenters. The maximum atomic E-state index is 11.7. The maximum Gasteiger partial charge on any atom is 0.156 e. The molecule has 0 saturated carbocycles. The van der Waals surface area contributed by atoms with Crippen molar-refractivity contribution in [1.82, 2.24) is 0 Å². The van der Waals surface area contributed by atoms with Gasteiger partial charge in [-0.15, -0.1) is 0 Å². The Balaban J connectivity index is 1.99. The summed E-state index contributed by atoms with van der Waals surface area (Å²) in [5, 5.41) is 0. The molecule has 0 amide bonds. The van der Waals surface area contributed by atoms with Crippen molar-refractivity contribution in [3.8, 4) is 0 Å². The Bertz CT molecular complexity index is 552. The topological polar surface area (TPSA) is 26.3 Å². The Labute approximate surface area is 134 Å². The van der Waals surface area contributed by atoms with E-state index in [4.69, 9.17) is 4.74 Å². The van der Waals surface area contributed by atoms with Gasteiger partial charge < -0.3 is 4.74 Å². The van der Waals surface area contributed by atoms with E-state index in [2.05, 4.69) is 32.9 Å². The van der Waals surface area contributed by atoms with Gasteiger partial charge in [0.2, 0.25) is 0 Å². The highest BCUT2D eigenvalue weighted by molar-refractivity contribution is 5.93. The highest BCUT2D eigenvalue weighted by Crippen LogP contribution is 2.51. The molecule has 0 aromatic heterocycles. The first-order chi connectivity index (χ1) is 10.6. The molecule has 3 aliphatic carbocycles. The molecule has 0 radical (unpaired) electrons. The Morgan fingerprint density at radius 1 is 1.27 bits per heavy atom. The first kappa shape index (κ1) is 15.7. The van der Waals surface area contributed by atoms with Crippen LogP contribution in [0.5, 0.6) is 0 Å². The predicted molar refractivity (Wildman–Crippen MR) is 89.6 cm³/mol. The molecule has 0 heterocycles. The second-order valence-electron chi connectivity index (χ2n) is 7.21. The van der Waals surface area contributed by atoms with E-state index in [1.807, 2.05) is 6.08 Å². The third-order valence-electron chi connectivity index (χ3n) is 5.85. The fraction of sp³-hybridized carbons (Fsp3) is 0.650. The zero-order valence-electron chi connectivity index (χ0n) is 14.2. The van der Waals surface area contributed by atoms with Crippen LogP contribution in [0.15, 0.2) is 34.9 Å². The lowest BCUT2D eigenvalue weighted by Crippen LogP contribution is -2.40. The lowest BCUT2D eigenvalue weighted by atomic mass is 9.59. The number of hydrogen-bond acceptors (Lipinski definition) is 2. The molecular formula is C20H28O2.